The van der Waals surface area contributed by atoms with Gasteiger partial charge in [-0.1, -0.05) is 6.07 Å². The van der Waals surface area contributed by atoms with Crippen LogP contribution >= 0.6 is 0 Å². The van der Waals surface area contributed by atoms with Crippen LogP contribution < -0.4 is 10.0 Å². The average Bonchev–Trinajstić information content (AvgIpc) is 2.94. The van der Waals surface area contributed by atoms with Crippen LogP contribution in [0.1, 0.15) is 24.4 Å². The molecule has 2 rings (SSSR count). The third-order valence-corrected chi connectivity index (χ3v) is 4.40. The number of hydrogen-bond donors (Lipinski definition) is 3. The third kappa shape index (κ3) is 3.63. The lowest BCUT2D eigenvalue weighted by molar-refractivity contribution is 0.541. The Kier molecular flexibility index (Phi) is 4.66. The van der Waals surface area contributed by atoms with Gasteiger partial charge >= 0.3 is 0 Å². The number of hydrogen-bond acceptors (Lipinski definition) is 5. The zero-order valence-electron chi connectivity index (χ0n) is 11.6. The van der Waals surface area contributed by atoms with Gasteiger partial charge in [0.15, 0.2) is 0 Å². The molecule has 21 heavy (non-hydrogen) atoms. The molecule has 1 atom stereocenters. The molecule has 7 nitrogen and oxygen atoms in total. The van der Waals surface area contributed by atoms with Crippen molar-refractivity contribution in [2.45, 2.75) is 24.4 Å². The summed E-state index contributed by atoms with van der Waals surface area (Å²) in [6.07, 6.45) is 1.27. The molecule has 2 aromatic rings. The minimum atomic E-state index is -4.00. The van der Waals surface area contributed by atoms with Crippen molar-refractivity contribution in [1.29, 1.82) is 0 Å². The molecule has 0 fully saturated rings. The maximum absolute atomic E-state index is 13.8. The molecule has 0 saturated heterocycles. The number of H-pyrrole nitrogens is 1. The number of sulfonamides is 1. The Labute approximate surface area is 122 Å². The molecule has 0 radical (unpaired) electrons. The van der Waals surface area contributed by atoms with Crippen LogP contribution in [0.3, 0.4) is 0 Å². The van der Waals surface area contributed by atoms with Gasteiger partial charge in [0.2, 0.25) is 10.0 Å². The molecular formula is C12H16FN5O2S. The quantitative estimate of drug-likeness (QED) is 0.729. The van der Waals surface area contributed by atoms with E-state index in [0.717, 1.165) is 6.07 Å². The van der Waals surface area contributed by atoms with E-state index in [9.17, 15) is 12.8 Å². The monoisotopic (exact) mass is 313 g/mol. The Morgan fingerprint density at radius 1 is 1.43 bits per heavy atom. The van der Waals surface area contributed by atoms with E-state index in [1.807, 2.05) is 0 Å². The number of halogens is 1. The highest BCUT2D eigenvalue weighted by atomic mass is 32.2. The van der Waals surface area contributed by atoms with Crippen LogP contribution in [-0.2, 0) is 16.6 Å². The van der Waals surface area contributed by atoms with Gasteiger partial charge in [-0.05, 0) is 31.7 Å². The lowest BCUT2D eigenvalue weighted by atomic mass is 10.2. The fraction of sp³-hybridized carbons (Fsp3) is 0.333. The van der Waals surface area contributed by atoms with E-state index in [1.54, 1.807) is 14.0 Å². The summed E-state index contributed by atoms with van der Waals surface area (Å²) in [5.74, 6) is -0.447. The number of aromatic nitrogens is 3. The molecule has 0 aliphatic heterocycles. The second kappa shape index (κ2) is 6.29. The molecule has 0 aliphatic rings. The van der Waals surface area contributed by atoms with E-state index in [2.05, 4.69) is 25.2 Å². The predicted octanol–water partition coefficient (Wildman–Crippen LogP) is 0.703. The van der Waals surface area contributed by atoms with Gasteiger partial charge in [-0.2, -0.15) is 5.10 Å². The number of benzene rings is 1. The molecule has 0 amide bonds. The second-order valence-electron chi connectivity index (χ2n) is 4.51. The fourth-order valence-corrected chi connectivity index (χ4v) is 3.18. The number of nitrogens with one attached hydrogen (secondary N) is 3. The highest BCUT2D eigenvalue weighted by Crippen LogP contribution is 2.19. The standard InChI is InChI=1S/C12H16FN5O2S/c1-8(12-15-7-16-17-12)18-21(19,20)11-5-9(6-14-2)3-4-10(11)13/h3-5,7-8,14,18H,6H2,1-2H3,(H,15,16,17). The van der Waals surface area contributed by atoms with Crippen molar-refractivity contribution < 1.29 is 12.8 Å². The summed E-state index contributed by atoms with van der Waals surface area (Å²) in [6.45, 7) is 2.04. The first-order valence-electron chi connectivity index (χ1n) is 6.24. The van der Waals surface area contributed by atoms with Crippen LogP contribution in [0.15, 0.2) is 29.4 Å². The van der Waals surface area contributed by atoms with Gasteiger partial charge in [0.25, 0.3) is 0 Å². The Hall–Kier alpha value is -1.84. The fourth-order valence-electron chi connectivity index (χ4n) is 1.84. The summed E-state index contributed by atoms with van der Waals surface area (Å²) in [6, 6.07) is 3.33. The SMILES string of the molecule is CNCc1ccc(F)c(S(=O)(=O)NC(C)c2ncn[nH]2)c1. The van der Waals surface area contributed by atoms with E-state index >= 15 is 0 Å². The largest absolute Gasteiger partial charge is 0.316 e. The van der Waals surface area contributed by atoms with Crippen molar-refractivity contribution in [3.05, 3.63) is 41.7 Å². The highest BCUT2D eigenvalue weighted by Gasteiger charge is 2.23. The summed E-state index contributed by atoms with van der Waals surface area (Å²) in [5.41, 5.74) is 0.673. The normalized spacial score (nSPS) is 13.3. The zero-order chi connectivity index (χ0) is 15.5. The number of aromatic amines is 1. The van der Waals surface area contributed by atoms with Crippen molar-refractivity contribution in [3.63, 3.8) is 0 Å². The molecule has 1 aromatic heterocycles. The minimum Gasteiger partial charge on any atom is -0.316 e. The molecule has 114 valence electrons. The van der Waals surface area contributed by atoms with Gasteiger partial charge < -0.3 is 5.32 Å². The number of nitrogens with zero attached hydrogens (tertiary/aromatic N) is 2. The Bertz CT molecular complexity index is 702. The summed E-state index contributed by atoms with van der Waals surface area (Å²) >= 11 is 0. The average molecular weight is 313 g/mol. The van der Waals surface area contributed by atoms with Crippen molar-refractivity contribution in [1.82, 2.24) is 25.2 Å². The van der Waals surface area contributed by atoms with Crippen LogP contribution in [0.2, 0.25) is 0 Å². The maximum atomic E-state index is 13.8. The van der Waals surface area contributed by atoms with Crippen LogP contribution in [-0.4, -0.2) is 30.6 Å². The first kappa shape index (κ1) is 15.5. The van der Waals surface area contributed by atoms with Gasteiger partial charge in [0.05, 0.1) is 6.04 Å². The summed E-state index contributed by atoms with van der Waals surface area (Å²) in [4.78, 5) is 3.48. The predicted molar refractivity (Wildman–Crippen MR) is 74.3 cm³/mol. The summed E-state index contributed by atoms with van der Waals surface area (Å²) in [7, 11) is -2.27. The molecule has 0 aliphatic carbocycles. The molecule has 3 N–H and O–H groups in total. The summed E-state index contributed by atoms with van der Waals surface area (Å²) in [5, 5.41) is 9.10. The van der Waals surface area contributed by atoms with E-state index in [-0.39, 0.29) is 4.90 Å². The van der Waals surface area contributed by atoms with E-state index in [0.29, 0.717) is 17.9 Å². The number of rotatable bonds is 6. The van der Waals surface area contributed by atoms with Gasteiger partial charge in [0.1, 0.15) is 22.9 Å². The Morgan fingerprint density at radius 2 is 2.19 bits per heavy atom. The van der Waals surface area contributed by atoms with Crippen molar-refractivity contribution >= 4 is 10.0 Å². The lowest BCUT2D eigenvalue weighted by Crippen LogP contribution is -2.28. The molecule has 1 heterocycles. The Balaban J connectivity index is 2.28. The third-order valence-electron chi connectivity index (χ3n) is 2.84. The molecule has 0 saturated carbocycles. The van der Waals surface area contributed by atoms with Crippen molar-refractivity contribution in [2.24, 2.45) is 0 Å². The van der Waals surface area contributed by atoms with E-state index < -0.39 is 21.9 Å². The highest BCUT2D eigenvalue weighted by molar-refractivity contribution is 7.89. The molecule has 1 unspecified atom stereocenters. The van der Waals surface area contributed by atoms with Crippen LogP contribution in [0.4, 0.5) is 4.39 Å². The van der Waals surface area contributed by atoms with Crippen molar-refractivity contribution in [3.8, 4) is 0 Å². The summed E-state index contributed by atoms with van der Waals surface area (Å²) < 4.78 is 40.7. The first-order valence-corrected chi connectivity index (χ1v) is 7.73. The maximum Gasteiger partial charge on any atom is 0.244 e. The van der Waals surface area contributed by atoms with E-state index in [1.165, 1.54) is 18.5 Å². The zero-order valence-corrected chi connectivity index (χ0v) is 12.4. The van der Waals surface area contributed by atoms with Crippen LogP contribution in [0.5, 0.6) is 0 Å². The van der Waals surface area contributed by atoms with Gasteiger partial charge in [-0.3, -0.25) is 5.10 Å². The van der Waals surface area contributed by atoms with Crippen LogP contribution in [0, 0.1) is 5.82 Å². The van der Waals surface area contributed by atoms with Gasteiger partial charge in [0, 0.05) is 6.54 Å². The molecule has 9 heteroatoms. The topological polar surface area (TPSA) is 99.8 Å². The second-order valence-corrected chi connectivity index (χ2v) is 6.19. The van der Waals surface area contributed by atoms with Gasteiger partial charge in [-0.25, -0.2) is 22.5 Å². The smallest absolute Gasteiger partial charge is 0.244 e. The molecule has 0 bridgehead atoms. The lowest BCUT2D eigenvalue weighted by Gasteiger charge is -2.13. The Morgan fingerprint density at radius 3 is 2.81 bits per heavy atom. The minimum absolute atomic E-state index is 0.352. The molecular weight excluding hydrogens is 297 g/mol. The molecule has 0 spiro atoms. The first-order chi connectivity index (χ1) is 9.94. The van der Waals surface area contributed by atoms with Crippen LogP contribution in [0.25, 0.3) is 0 Å². The van der Waals surface area contributed by atoms with Gasteiger partial charge in [-0.15, -0.1) is 0 Å². The van der Waals surface area contributed by atoms with E-state index in [4.69, 9.17) is 0 Å². The van der Waals surface area contributed by atoms with Crippen molar-refractivity contribution in [2.75, 3.05) is 7.05 Å². The molecule has 1 aromatic carbocycles.